The minimum atomic E-state index is -0.123. The fraction of sp³-hybridized carbons (Fsp3) is 0.143. The average molecular weight is 272 g/mol. The lowest BCUT2D eigenvalue weighted by Crippen LogP contribution is -2.02. The number of hydrogen-bond donors (Lipinski definition) is 1. The number of benzene rings is 1. The monoisotopic (exact) mass is 272 g/mol. The highest BCUT2D eigenvalue weighted by Crippen LogP contribution is 2.23. The van der Waals surface area contributed by atoms with Gasteiger partial charge in [0.15, 0.2) is 18.0 Å². The molecule has 0 aliphatic carbocycles. The molecule has 0 amide bonds. The lowest BCUT2D eigenvalue weighted by molar-refractivity contribution is 0.0512. The Labute approximate surface area is 113 Å². The Morgan fingerprint density at radius 3 is 2.95 bits per heavy atom. The highest BCUT2D eigenvalue weighted by molar-refractivity contribution is 5.79. The maximum absolute atomic E-state index is 12.1. The Kier molecular flexibility index (Phi) is 3.22. The van der Waals surface area contributed by atoms with Crippen LogP contribution >= 0.6 is 0 Å². The number of aromatic nitrogens is 2. The van der Waals surface area contributed by atoms with Crippen molar-refractivity contribution in [3.63, 3.8) is 0 Å². The summed E-state index contributed by atoms with van der Waals surface area (Å²) in [5.74, 6) is 0.981. The van der Waals surface area contributed by atoms with E-state index in [2.05, 4.69) is 10.2 Å². The molecule has 1 N–H and O–H groups in total. The first kappa shape index (κ1) is 12.4. The van der Waals surface area contributed by atoms with E-state index in [0.29, 0.717) is 28.2 Å². The summed E-state index contributed by atoms with van der Waals surface area (Å²) in [6, 6.07) is 8.18. The van der Waals surface area contributed by atoms with Crippen molar-refractivity contribution in [3.05, 3.63) is 46.8 Å². The lowest BCUT2D eigenvalue weighted by Gasteiger charge is -2.05. The maximum atomic E-state index is 12.1. The molecule has 0 saturated heterocycles. The normalized spacial score (nSPS) is 10.8. The number of rotatable bonds is 4. The molecule has 1 aromatic carbocycles. The van der Waals surface area contributed by atoms with Gasteiger partial charge in [-0.2, -0.15) is 5.10 Å². The van der Waals surface area contributed by atoms with E-state index in [0.717, 1.165) is 0 Å². The number of nitrogens with zero attached hydrogens (tertiary/aromatic N) is 1. The summed E-state index contributed by atoms with van der Waals surface area (Å²) in [6.45, 7) is 0.134. The van der Waals surface area contributed by atoms with E-state index in [1.54, 1.807) is 30.5 Å². The highest BCUT2D eigenvalue weighted by atomic mass is 16.7. The van der Waals surface area contributed by atoms with Crippen LogP contribution in [-0.2, 0) is 4.74 Å². The van der Waals surface area contributed by atoms with E-state index < -0.39 is 0 Å². The number of ether oxygens (including phenoxy) is 2. The predicted octanol–water partition coefficient (Wildman–Crippen LogP) is 2.17. The standard InChI is InChI=1S/C14H12N2O4/c1-18-8-19-9-2-3-10-12(17)7-14(20-13(10)6-9)11-4-5-15-16-11/h2-7H,8H2,1H3,(H,15,16). The quantitative estimate of drug-likeness (QED) is 0.736. The average Bonchev–Trinajstić information content (AvgIpc) is 2.99. The number of methoxy groups -OCH3 is 1. The number of hydrogen-bond acceptors (Lipinski definition) is 5. The minimum absolute atomic E-state index is 0.123. The fourth-order valence-corrected chi connectivity index (χ4v) is 1.88. The highest BCUT2D eigenvalue weighted by Gasteiger charge is 2.09. The molecule has 20 heavy (non-hydrogen) atoms. The van der Waals surface area contributed by atoms with Gasteiger partial charge in [0, 0.05) is 25.4 Å². The van der Waals surface area contributed by atoms with Gasteiger partial charge in [0.25, 0.3) is 0 Å². The molecule has 0 spiro atoms. The van der Waals surface area contributed by atoms with E-state index >= 15 is 0 Å². The van der Waals surface area contributed by atoms with Crippen LogP contribution in [0.25, 0.3) is 22.4 Å². The zero-order valence-electron chi connectivity index (χ0n) is 10.8. The van der Waals surface area contributed by atoms with Crippen molar-refractivity contribution in [2.24, 2.45) is 0 Å². The molecule has 0 fully saturated rings. The zero-order chi connectivity index (χ0) is 13.9. The molecule has 6 heteroatoms. The second kappa shape index (κ2) is 5.18. The third-order valence-corrected chi connectivity index (χ3v) is 2.80. The van der Waals surface area contributed by atoms with E-state index in [1.807, 2.05) is 0 Å². The summed E-state index contributed by atoms with van der Waals surface area (Å²) >= 11 is 0. The Balaban J connectivity index is 2.10. The van der Waals surface area contributed by atoms with Gasteiger partial charge in [-0.05, 0) is 18.2 Å². The first-order chi connectivity index (χ1) is 9.78. The number of nitrogens with one attached hydrogen (secondary N) is 1. The van der Waals surface area contributed by atoms with Crippen LogP contribution in [0.5, 0.6) is 5.75 Å². The van der Waals surface area contributed by atoms with Crippen LogP contribution in [0.15, 0.2) is 45.7 Å². The molecule has 102 valence electrons. The Morgan fingerprint density at radius 2 is 2.20 bits per heavy atom. The van der Waals surface area contributed by atoms with Crippen molar-refractivity contribution in [3.8, 4) is 17.2 Å². The first-order valence-corrected chi connectivity index (χ1v) is 5.98. The molecule has 6 nitrogen and oxygen atoms in total. The second-order valence-electron chi connectivity index (χ2n) is 4.14. The van der Waals surface area contributed by atoms with Crippen LogP contribution in [0.1, 0.15) is 0 Å². The van der Waals surface area contributed by atoms with Crippen molar-refractivity contribution in [2.45, 2.75) is 0 Å². The largest absolute Gasteiger partial charge is 0.467 e. The summed E-state index contributed by atoms with van der Waals surface area (Å²) in [4.78, 5) is 12.1. The van der Waals surface area contributed by atoms with Crippen LogP contribution in [0.2, 0.25) is 0 Å². The van der Waals surface area contributed by atoms with E-state index in [9.17, 15) is 4.79 Å². The van der Waals surface area contributed by atoms with Gasteiger partial charge >= 0.3 is 0 Å². The van der Waals surface area contributed by atoms with E-state index in [4.69, 9.17) is 13.9 Å². The molecule has 0 radical (unpaired) electrons. The molecule has 0 aliphatic heterocycles. The Morgan fingerprint density at radius 1 is 1.30 bits per heavy atom. The number of H-pyrrole nitrogens is 1. The third kappa shape index (κ3) is 2.28. The Hall–Kier alpha value is -2.60. The zero-order valence-corrected chi connectivity index (χ0v) is 10.8. The van der Waals surface area contributed by atoms with Crippen LogP contribution < -0.4 is 10.2 Å². The van der Waals surface area contributed by atoms with E-state index in [-0.39, 0.29) is 12.2 Å². The molecule has 3 rings (SSSR count). The molecule has 0 unspecified atom stereocenters. The molecule has 0 aliphatic rings. The van der Waals surface area contributed by atoms with Gasteiger partial charge in [0.1, 0.15) is 17.0 Å². The molecule has 2 aromatic heterocycles. The van der Waals surface area contributed by atoms with Crippen molar-refractivity contribution in [2.75, 3.05) is 13.9 Å². The SMILES string of the molecule is COCOc1ccc2c(=O)cc(-c3cc[nH]n3)oc2c1. The van der Waals surface area contributed by atoms with Crippen LogP contribution in [0.4, 0.5) is 0 Å². The topological polar surface area (TPSA) is 77.4 Å². The van der Waals surface area contributed by atoms with Gasteiger partial charge in [-0.15, -0.1) is 0 Å². The molecule has 2 heterocycles. The molecular formula is C14H12N2O4. The molecule has 0 saturated carbocycles. The number of aromatic amines is 1. The summed E-state index contributed by atoms with van der Waals surface area (Å²) < 4.78 is 15.9. The molecule has 3 aromatic rings. The van der Waals surface area contributed by atoms with E-state index in [1.165, 1.54) is 13.2 Å². The van der Waals surface area contributed by atoms with Crippen LogP contribution in [0, 0.1) is 0 Å². The minimum Gasteiger partial charge on any atom is -0.467 e. The van der Waals surface area contributed by atoms with Gasteiger partial charge in [0.05, 0.1) is 5.39 Å². The van der Waals surface area contributed by atoms with Gasteiger partial charge in [-0.25, -0.2) is 0 Å². The summed E-state index contributed by atoms with van der Waals surface area (Å²) in [5, 5.41) is 7.17. The van der Waals surface area contributed by atoms with Crippen molar-refractivity contribution < 1.29 is 13.9 Å². The fourth-order valence-electron chi connectivity index (χ4n) is 1.88. The number of fused-ring (bicyclic) bond motifs is 1. The van der Waals surface area contributed by atoms with Crippen LogP contribution in [0.3, 0.4) is 0 Å². The molecule has 0 atom stereocenters. The van der Waals surface area contributed by atoms with Gasteiger partial charge in [-0.3, -0.25) is 9.89 Å². The lowest BCUT2D eigenvalue weighted by atomic mass is 10.2. The second-order valence-corrected chi connectivity index (χ2v) is 4.14. The van der Waals surface area contributed by atoms with Gasteiger partial charge in [0.2, 0.25) is 0 Å². The van der Waals surface area contributed by atoms with Gasteiger partial charge < -0.3 is 13.9 Å². The summed E-state index contributed by atoms with van der Waals surface area (Å²) in [5.41, 5.74) is 0.902. The summed E-state index contributed by atoms with van der Waals surface area (Å²) in [7, 11) is 1.54. The van der Waals surface area contributed by atoms with Crippen molar-refractivity contribution in [1.82, 2.24) is 10.2 Å². The van der Waals surface area contributed by atoms with Crippen LogP contribution in [-0.4, -0.2) is 24.1 Å². The first-order valence-electron chi connectivity index (χ1n) is 5.98. The smallest absolute Gasteiger partial charge is 0.193 e. The Bertz CT molecular complexity index is 777. The predicted molar refractivity (Wildman–Crippen MR) is 72.6 cm³/mol. The molecule has 0 bridgehead atoms. The third-order valence-electron chi connectivity index (χ3n) is 2.80. The van der Waals surface area contributed by atoms with Crippen molar-refractivity contribution in [1.29, 1.82) is 0 Å². The molecular weight excluding hydrogens is 260 g/mol. The summed E-state index contributed by atoms with van der Waals surface area (Å²) in [6.07, 6.45) is 1.66. The maximum Gasteiger partial charge on any atom is 0.193 e. The van der Waals surface area contributed by atoms with Gasteiger partial charge in [-0.1, -0.05) is 0 Å². The van der Waals surface area contributed by atoms with Crippen molar-refractivity contribution >= 4 is 11.0 Å².